The second-order valence-corrected chi connectivity index (χ2v) is 4.40. The molecule has 1 aromatic carbocycles. The number of halogens is 3. The summed E-state index contributed by atoms with van der Waals surface area (Å²) < 4.78 is 38.5. The number of rotatable bonds is 4. The molecule has 0 aliphatic carbocycles. The number of nitrogens with zero attached hydrogens (tertiary/aromatic N) is 3. The van der Waals surface area contributed by atoms with Gasteiger partial charge < -0.3 is 10.6 Å². The molecule has 0 unspecified atom stereocenters. The molecule has 0 saturated carbocycles. The van der Waals surface area contributed by atoms with Crippen molar-refractivity contribution in [3.05, 3.63) is 52.7 Å². The second-order valence-electron chi connectivity index (χ2n) is 4.40. The van der Waals surface area contributed by atoms with Gasteiger partial charge >= 0.3 is 6.18 Å². The van der Waals surface area contributed by atoms with E-state index in [4.69, 9.17) is 5.73 Å². The molecule has 0 atom stereocenters. The molecule has 0 fully saturated rings. The summed E-state index contributed by atoms with van der Waals surface area (Å²) in [6, 6.07) is 7.82. The number of nitro benzene ring substituents is 1. The largest absolute Gasteiger partial charge is 0.406 e. The van der Waals surface area contributed by atoms with E-state index in [1.54, 1.807) is 0 Å². The molecule has 0 radical (unpaired) electrons. The Morgan fingerprint density at radius 2 is 1.91 bits per heavy atom. The summed E-state index contributed by atoms with van der Waals surface area (Å²) in [5, 5.41) is 11.0. The normalized spacial score (nSPS) is 11.2. The lowest BCUT2D eigenvalue weighted by molar-refractivity contribution is -0.384. The van der Waals surface area contributed by atoms with Crippen LogP contribution in [0, 0.1) is 10.1 Å². The molecule has 9 heteroatoms. The first-order valence-electron chi connectivity index (χ1n) is 6.07. The van der Waals surface area contributed by atoms with E-state index in [1.807, 2.05) is 0 Å². The van der Waals surface area contributed by atoms with Gasteiger partial charge in [-0.2, -0.15) is 13.2 Å². The van der Waals surface area contributed by atoms with Crippen molar-refractivity contribution < 1.29 is 18.1 Å². The van der Waals surface area contributed by atoms with Crippen molar-refractivity contribution in [2.45, 2.75) is 6.18 Å². The smallest absolute Gasteiger partial charge is 0.397 e. The lowest BCUT2D eigenvalue weighted by Crippen LogP contribution is -2.31. The highest BCUT2D eigenvalue weighted by molar-refractivity contribution is 5.70. The number of pyridine rings is 1. The molecule has 116 valence electrons. The van der Waals surface area contributed by atoms with Crippen molar-refractivity contribution in [1.29, 1.82) is 0 Å². The number of aromatic nitrogens is 1. The van der Waals surface area contributed by atoms with E-state index in [-0.39, 0.29) is 17.2 Å². The van der Waals surface area contributed by atoms with Crippen molar-refractivity contribution in [2.75, 3.05) is 17.2 Å². The minimum atomic E-state index is -4.56. The summed E-state index contributed by atoms with van der Waals surface area (Å²) in [6.45, 7) is -1.41. The fraction of sp³-hybridized carbons (Fsp3) is 0.154. The van der Waals surface area contributed by atoms with Crippen LogP contribution in [0.5, 0.6) is 0 Å². The maximum Gasteiger partial charge on any atom is 0.406 e. The molecule has 1 aromatic heterocycles. The van der Waals surface area contributed by atoms with Crippen molar-refractivity contribution >= 4 is 22.9 Å². The third kappa shape index (κ3) is 3.62. The molecule has 0 saturated heterocycles. The average Bonchev–Trinajstić information content (AvgIpc) is 2.45. The highest BCUT2D eigenvalue weighted by Crippen LogP contribution is 2.35. The van der Waals surface area contributed by atoms with Gasteiger partial charge in [0.1, 0.15) is 18.1 Å². The fourth-order valence-electron chi connectivity index (χ4n) is 1.87. The van der Waals surface area contributed by atoms with Crippen molar-refractivity contribution in [1.82, 2.24) is 4.98 Å². The first-order chi connectivity index (χ1) is 10.3. The standard InChI is InChI=1S/C13H11F3N4O2/c14-13(15,16)8-19(12-6-5-9(17)7-18-12)10-3-1-2-4-11(10)20(21)22/h1-7H,8,17H2. The summed E-state index contributed by atoms with van der Waals surface area (Å²) in [6.07, 6.45) is -3.37. The van der Waals surface area contributed by atoms with Gasteiger partial charge in [0.05, 0.1) is 16.8 Å². The monoisotopic (exact) mass is 312 g/mol. The minimum absolute atomic E-state index is 0.0826. The summed E-state index contributed by atoms with van der Waals surface area (Å²) in [7, 11) is 0. The van der Waals surface area contributed by atoms with Gasteiger partial charge in [-0.1, -0.05) is 12.1 Å². The molecule has 2 aromatic rings. The maximum absolute atomic E-state index is 12.8. The van der Waals surface area contributed by atoms with Crippen molar-refractivity contribution in [3.63, 3.8) is 0 Å². The summed E-state index contributed by atoms with van der Waals surface area (Å²) in [4.78, 5) is 14.8. The lowest BCUT2D eigenvalue weighted by Gasteiger charge is -2.24. The summed E-state index contributed by atoms with van der Waals surface area (Å²) in [5.41, 5.74) is 5.10. The van der Waals surface area contributed by atoms with Crippen LogP contribution in [0.2, 0.25) is 0 Å². The number of anilines is 3. The Morgan fingerprint density at radius 1 is 1.23 bits per heavy atom. The molecule has 0 aliphatic heterocycles. The van der Waals surface area contributed by atoms with E-state index in [0.717, 1.165) is 11.0 Å². The third-order valence-electron chi connectivity index (χ3n) is 2.75. The van der Waals surface area contributed by atoms with Gasteiger partial charge in [-0.25, -0.2) is 4.98 Å². The van der Waals surface area contributed by atoms with Gasteiger partial charge in [-0.3, -0.25) is 10.1 Å². The van der Waals surface area contributed by atoms with E-state index >= 15 is 0 Å². The van der Waals surface area contributed by atoms with Crippen LogP contribution in [0.1, 0.15) is 0 Å². The van der Waals surface area contributed by atoms with Crippen LogP contribution in [0.25, 0.3) is 0 Å². The highest BCUT2D eigenvalue weighted by Gasteiger charge is 2.34. The predicted molar refractivity (Wildman–Crippen MR) is 74.8 cm³/mol. The van der Waals surface area contributed by atoms with E-state index in [9.17, 15) is 23.3 Å². The number of para-hydroxylation sites is 2. The van der Waals surface area contributed by atoms with Gasteiger partial charge in [-0.15, -0.1) is 0 Å². The summed E-state index contributed by atoms with van der Waals surface area (Å²) in [5.74, 6) is -0.0826. The quantitative estimate of drug-likeness (QED) is 0.691. The van der Waals surface area contributed by atoms with E-state index in [2.05, 4.69) is 4.98 Å². The number of nitro groups is 1. The predicted octanol–water partition coefficient (Wildman–Crippen LogP) is 3.27. The molecule has 0 amide bonds. The Morgan fingerprint density at radius 3 is 2.45 bits per heavy atom. The van der Waals surface area contributed by atoms with Gasteiger partial charge in [0.25, 0.3) is 5.69 Å². The number of nitrogen functional groups attached to an aromatic ring is 1. The van der Waals surface area contributed by atoms with E-state index < -0.39 is 23.3 Å². The van der Waals surface area contributed by atoms with Crippen LogP contribution in [0.3, 0.4) is 0 Å². The van der Waals surface area contributed by atoms with Crippen LogP contribution in [0.15, 0.2) is 42.6 Å². The number of hydrogen-bond donors (Lipinski definition) is 1. The Balaban J connectivity index is 2.54. The molecular weight excluding hydrogens is 301 g/mol. The topological polar surface area (TPSA) is 85.3 Å². The zero-order valence-corrected chi connectivity index (χ0v) is 11.1. The first kappa shape index (κ1) is 15.5. The molecule has 0 spiro atoms. The van der Waals surface area contributed by atoms with Crippen LogP contribution in [-0.2, 0) is 0 Å². The SMILES string of the molecule is Nc1ccc(N(CC(F)(F)F)c2ccccc2[N+](=O)[O-])nc1. The zero-order chi connectivity index (χ0) is 16.3. The average molecular weight is 312 g/mol. The van der Waals surface area contributed by atoms with Crippen LogP contribution >= 0.6 is 0 Å². The highest BCUT2D eigenvalue weighted by atomic mass is 19.4. The molecule has 0 bridgehead atoms. The molecule has 2 N–H and O–H groups in total. The number of hydrogen-bond acceptors (Lipinski definition) is 5. The van der Waals surface area contributed by atoms with E-state index in [1.165, 1.54) is 36.5 Å². The maximum atomic E-state index is 12.8. The van der Waals surface area contributed by atoms with Crippen molar-refractivity contribution in [3.8, 4) is 0 Å². The Labute approximate surface area is 123 Å². The third-order valence-corrected chi connectivity index (χ3v) is 2.75. The Hall–Kier alpha value is -2.84. The molecule has 22 heavy (non-hydrogen) atoms. The fourth-order valence-corrected chi connectivity index (χ4v) is 1.87. The number of nitrogens with two attached hydrogens (primary N) is 1. The minimum Gasteiger partial charge on any atom is -0.397 e. The van der Waals surface area contributed by atoms with E-state index in [0.29, 0.717) is 0 Å². The molecule has 1 heterocycles. The zero-order valence-electron chi connectivity index (χ0n) is 11.1. The number of benzene rings is 1. The molecule has 2 rings (SSSR count). The van der Waals surface area contributed by atoms with Crippen LogP contribution in [-0.4, -0.2) is 22.6 Å². The molecule has 6 nitrogen and oxygen atoms in total. The van der Waals surface area contributed by atoms with Crippen LogP contribution < -0.4 is 10.6 Å². The Kier molecular flexibility index (Phi) is 4.15. The Bertz CT molecular complexity index is 674. The first-order valence-corrected chi connectivity index (χ1v) is 6.07. The van der Waals surface area contributed by atoms with Gasteiger partial charge in [0.2, 0.25) is 0 Å². The lowest BCUT2D eigenvalue weighted by atomic mass is 10.2. The van der Waals surface area contributed by atoms with Gasteiger partial charge in [0.15, 0.2) is 0 Å². The molecule has 0 aliphatic rings. The van der Waals surface area contributed by atoms with Gasteiger partial charge in [-0.05, 0) is 18.2 Å². The van der Waals surface area contributed by atoms with Crippen LogP contribution in [0.4, 0.5) is 36.1 Å². The summed E-state index contributed by atoms with van der Waals surface area (Å²) >= 11 is 0. The second kappa shape index (κ2) is 5.88. The van der Waals surface area contributed by atoms with Crippen molar-refractivity contribution in [2.24, 2.45) is 0 Å². The molecular formula is C13H11F3N4O2. The van der Waals surface area contributed by atoms with Gasteiger partial charge in [0, 0.05) is 6.07 Å². The number of alkyl halides is 3.